The van der Waals surface area contributed by atoms with Crippen LogP contribution in [0.1, 0.15) is 62.2 Å². The van der Waals surface area contributed by atoms with E-state index in [4.69, 9.17) is 5.73 Å². The molecule has 0 saturated heterocycles. The van der Waals surface area contributed by atoms with Crippen molar-refractivity contribution in [1.29, 1.82) is 0 Å². The van der Waals surface area contributed by atoms with Crippen molar-refractivity contribution < 1.29 is 4.79 Å². The lowest BCUT2D eigenvalue weighted by Gasteiger charge is -2.29. The average molecular weight is 359 g/mol. The van der Waals surface area contributed by atoms with E-state index in [2.05, 4.69) is 32.5 Å². The van der Waals surface area contributed by atoms with E-state index < -0.39 is 5.54 Å². The molecule has 2 heterocycles. The summed E-state index contributed by atoms with van der Waals surface area (Å²) < 4.78 is 1.70. The fourth-order valence-electron chi connectivity index (χ4n) is 3.94. The highest BCUT2D eigenvalue weighted by Gasteiger charge is 2.52. The lowest BCUT2D eigenvalue weighted by Crippen LogP contribution is -2.34. The number of hydrogen-bond donors (Lipinski definition) is 2. The third-order valence-electron chi connectivity index (χ3n) is 5.68. The number of rotatable bonds is 7. The van der Waals surface area contributed by atoms with Gasteiger partial charge in [-0.25, -0.2) is 4.68 Å². The highest BCUT2D eigenvalue weighted by Crippen LogP contribution is 2.43. The van der Waals surface area contributed by atoms with Gasteiger partial charge in [-0.3, -0.25) is 4.79 Å². The van der Waals surface area contributed by atoms with E-state index in [-0.39, 0.29) is 11.9 Å². The smallest absolute Gasteiger partial charge is 0.245 e. The number of nitrogens with two attached hydrogens (primary N) is 1. The van der Waals surface area contributed by atoms with Crippen LogP contribution in [-0.4, -0.2) is 20.9 Å². The monoisotopic (exact) mass is 359 g/mol. The third kappa shape index (κ3) is 3.35. The molecule has 2 fully saturated rings. The number of hydrogen-bond acceptors (Lipinski definition) is 5. The maximum atomic E-state index is 11.8. The Labute approximate surface area is 151 Å². The second-order valence-corrected chi connectivity index (χ2v) is 8.15. The molecule has 1 atom stereocenters. The molecule has 3 N–H and O–H groups in total. The molecule has 2 aliphatic carbocycles. The van der Waals surface area contributed by atoms with Gasteiger partial charge in [-0.15, -0.1) is 5.10 Å². The van der Waals surface area contributed by atoms with Crippen LogP contribution in [0.4, 0.5) is 0 Å². The lowest BCUT2D eigenvalue weighted by atomic mass is 9.82. The van der Waals surface area contributed by atoms with Crippen LogP contribution in [0.25, 0.3) is 0 Å². The number of carbonyl (C=O) groups is 1. The fourth-order valence-corrected chi connectivity index (χ4v) is 4.61. The summed E-state index contributed by atoms with van der Waals surface area (Å²) in [6, 6.07) is 2.33. The average Bonchev–Trinajstić information content (AvgIpc) is 3.05. The van der Waals surface area contributed by atoms with E-state index in [1.807, 2.05) is 6.20 Å². The molecule has 2 aromatic heterocycles. The second-order valence-electron chi connectivity index (χ2n) is 7.37. The first-order valence-corrected chi connectivity index (χ1v) is 10.1. The summed E-state index contributed by atoms with van der Waals surface area (Å²) in [4.78, 5) is 11.8. The van der Waals surface area contributed by atoms with Crippen molar-refractivity contribution in [1.82, 2.24) is 20.3 Å². The summed E-state index contributed by atoms with van der Waals surface area (Å²) in [5, 5.41) is 16.7. The Morgan fingerprint density at radius 3 is 2.84 bits per heavy atom. The summed E-state index contributed by atoms with van der Waals surface area (Å²) in [6.07, 6.45) is 9.79. The summed E-state index contributed by atoms with van der Waals surface area (Å²) in [6.45, 7) is 0.832. The zero-order chi connectivity index (χ0) is 17.3. The first kappa shape index (κ1) is 16.7. The van der Waals surface area contributed by atoms with E-state index in [1.54, 1.807) is 16.0 Å². The first-order valence-electron chi connectivity index (χ1n) is 9.16. The zero-order valence-electron chi connectivity index (χ0n) is 14.4. The van der Waals surface area contributed by atoms with Gasteiger partial charge in [0, 0.05) is 6.54 Å². The molecule has 0 bridgehead atoms. The highest BCUT2D eigenvalue weighted by molar-refractivity contribution is 7.07. The van der Waals surface area contributed by atoms with Crippen LogP contribution >= 0.6 is 11.3 Å². The van der Waals surface area contributed by atoms with Crippen LogP contribution in [0.2, 0.25) is 0 Å². The molecule has 7 heteroatoms. The van der Waals surface area contributed by atoms with Crippen molar-refractivity contribution in [3.05, 3.63) is 34.3 Å². The lowest BCUT2D eigenvalue weighted by molar-refractivity contribution is -0.122. The first-order chi connectivity index (χ1) is 12.2. The Hall–Kier alpha value is -1.73. The minimum atomic E-state index is -0.629. The molecule has 2 aliphatic rings. The summed E-state index contributed by atoms with van der Waals surface area (Å²) in [5.41, 5.74) is 7.18. The van der Waals surface area contributed by atoms with E-state index in [0.29, 0.717) is 5.92 Å². The number of amides is 1. The molecule has 134 valence electrons. The van der Waals surface area contributed by atoms with Crippen molar-refractivity contribution in [2.45, 2.75) is 63.1 Å². The van der Waals surface area contributed by atoms with Crippen LogP contribution in [0.15, 0.2) is 23.0 Å². The molecule has 0 aliphatic heterocycles. The van der Waals surface area contributed by atoms with Crippen LogP contribution in [0.3, 0.4) is 0 Å². The van der Waals surface area contributed by atoms with Crippen molar-refractivity contribution in [2.75, 3.05) is 0 Å². The molecule has 4 rings (SSSR count). The number of nitrogens with zero attached hydrogens (tertiary/aromatic N) is 3. The Morgan fingerprint density at radius 2 is 2.20 bits per heavy atom. The Bertz CT molecular complexity index is 716. The van der Waals surface area contributed by atoms with Gasteiger partial charge in [-0.2, -0.15) is 11.3 Å². The maximum Gasteiger partial charge on any atom is 0.245 e. The van der Waals surface area contributed by atoms with Crippen LogP contribution < -0.4 is 11.1 Å². The van der Waals surface area contributed by atoms with E-state index >= 15 is 0 Å². The van der Waals surface area contributed by atoms with Gasteiger partial charge < -0.3 is 11.1 Å². The SMILES string of the molecule is NC(=O)C1(n2cc(C(NCc3ccsc3)C3CCCCC3)nn2)CC1. The molecule has 0 aromatic carbocycles. The number of aromatic nitrogens is 3. The van der Waals surface area contributed by atoms with Crippen LogP contribution in [-0.2, 0) is 16.9 Å². The Balaban J connectivity index is 1.54. The number of carbonyl (C=O) groups excluding carboxylic acids is 1. The van der Waals surface area contributed by atoms with Gasteiger partial charge in [-0.1, -0.05) is 24.5 Å². The molecule has 1 unspecified atom stereocenters. The second kappa shape index (κ2) is 6.88. The highest BCUT2D eigenvalue weighted by atomic mass is 32.1. The van der Waals surface area contributed by atoms with Gasteiger partial charge >= 0.3 is 0 Å². The molecule has 0 spiro atoms. The molecule has 2 aromatic rings. The Morgan fingerprint density at radius 1 is 1.40 bits per heavy atom. The van der Waals surface area contributed by atoms with Crippen LogP contribution in [0, 0.1) is 5.92 Å². The number of nitrogens with one attached hydrogen (secondary N) is 1. The van der Waals surface area contributed by atoms with Crippen molar-refractivity contribution in [3.8, 4) is 0 Å². The third-order valence-corrected chi connectivity index (χ3v) is 6.41. The number of thiophene rings is 1. The maximum absolute atomic E-state index is 11.8. The largest absolute Gasteiger partial charge is 0.368 e. The van der Waals surface area contributed by atoms with E-state index in [0.717, 1.165) is 25.1 Å². The van der Waals surface area contributed by atoms with Gasteiger partial charge in [0.1, 0.15) is 5.54 Å². The Kier molecular flexibility index (Phi) is 4.60. The standard InChI is InChI=1S/C18H25N5OS/c19-17(24)18(7-8-18)23-11-15(21-22-23)16(14-4-2-1-3-5-14)20-10-13-6-9-25-12-13/h6,9,11-12,14,16,20H,1-5,7-8,10H2,(H2,19,24). The van der Waals surface area contributed by atoms with Gasteiger partial charge in [0.05, 0.1) is 17.9 Å². The minimum absolute atomic E-state index is 0.178. The van der Waals surface area contributed by atoms with E-state index in [9.17, 15) is 4.79 Å². The zero-order valence-corrected chi connectivity index (χ0v) is 15.2. The van der Waals surface area contributed by atoms with Crippen molar-refractivity contribution in [3.63, 3.8) is 0 Å². The van der Waals surface area contributed by atoms with Crippen molar-refractivity contribution in [2.24, 2.45) is 11.7 Å². The predicted octanol–water partition coefficient (Wildman–Crippen LogP) is 2.73. The van der Waals surface area contributed by atoms with Gasteiger partial charge in [0.2, 0.25) is 5.91 Å². The summed E-state index contributed by atoms with van der Waals surface area (Å²) >= 11 is 1.72. The molecule has 2 saturated carbocycles. The molecule has 6 nitrogen and oxygen atoms in total. The minimum Gasteiger partial charge on any atom is -0.368 e. The quantitative estimate of drug-likeness (QED) is 0.796. The molecule has 0 radical (unpaired) electrons. The molecule has 1 amide bonds. The van der Waals surface area contributed by atoms with Gasteiger partial charge in [0.25, 0.3) is 0 Å². The molecule has 25 heavy (non-hydrogen) atoms. The van der Waals surface area contributed by atoms with Crippen molar-refractivity contribution >= 4 is 17.2 Å². The fraction of sp³-hybridized carbons (Fsp3) is 0.611. The predicted molar refractivity (Wildman–Crippen MR) is 96.9 cm³/mol. The molecular weight excluding hydrogens is 334 g/mol. The normalized spacial score (nSPS) is 21.1. The van der Waals surface area contributed by atoms with Gasteiger partial charge in [0.15, 0.2) is 0 Å². The van der Waals surface area contributed by atoms with E-state index in [1.165, 1.54) is 37.7 Å². The summed E-state index contributed by atoms with van der Waals surface area (Å²) in [7, 11) is 0. The summed E-state index contributed by atoms with van der Waals surface area (Å²) in [5.74, 6) is 0.269. The van der Waals surface area contributed by atoms with Crippen LogP contribution in [0.5, 0.6) is 0 Å². The molecular formula is C18H25N5OS. The number of primary amides is 1. The van der Waals surface area contributed by atoms with Gasteiger partial charge in [-0.05, 0) is 54.0 Å². The topological polar surface area (TPSA) is 85.8 Å².